The number of fused-ring (bicyclic) bond motifs is 2. The lowest BCUT2D eigenvalue weighted by molar-refractivity contribution is -0.168. The van der Waals surface area contributed by atoms with Crippen LogP contribution in [0.4, 0.5) is 5.69 Å². The first-order valence-electron chi connectivity index (χ1n) is 9.96. The van der Waals surface area contributed by atoms with Gasteiger partial charge >= 0.3 is 0 Å². The molecular formula is C22H30N2O3. The van der Waals surface area contributed by atoms with E-state index in [1.807, 2.05) is 45.0 Å². The molecule has 0 aromatic heterocycles. The van der Waals surface area contributed by atoms with Crippen molar-refractivity contribution in [3.63, 3.8) is 0 Å². The molecule has 1 aliphatic heterocycles. The molecule has 2 bridgehead atoms. The first kappa shape index (κ1) is 19.6. The predicted octanol–water partition coefficient (Wildman–Crippen LogP) is 3.78. The lowest BCUT2D eigenvalue weighted by Gasteiger charge is -2.47. The van der Waals surface area contributed by atoms with Crippen molar-refractivity contribution in [2.75, 3.05) is 11.9 Å². The molecule has 5 heteroatoms. The van der Waals surface area contributed by atoms with Crippen LogP contribution in [0.15, 0.2) is 24.3 Å². The largest absolute Gasteiger partial charge is 0.326 e. The Morgan fingerprint density at radius 3 is 2.63 bits per heavy atom. The maximum absolute atomic E-state index is 13.0. The second-order valence-corrected chi connectivity index (χ2v) is 8.60. The van der Waals surface area contributed by atoms with E-state index in [9.17, 15) is 14.4 Å². The van der Waals surface area contributed by atoms with E-state index in [2.05, 4.69) is 12.2 Å². The Bertz CT molecular complexity index is 771. The van der Waals surface area contributed by atoms with Crippen LogP contribution in [0, 0.1) is 16.7 Å². The van der Waals surface area contributed by atoms with Gasteiger partial charge in [-0.1, -0.05) is 45.9 Å². The topological polar surface area (TPSA) is 66.5 Å². The van der Waals surface area contributed by atoms with E-state index in [-0.39, 0.29) is 29.1 Å². The number of amides is 3. The molecule has 2 atom stereocenters. The van der Waals surface area contributed by atoms with Crippen molar-refractivity contribution in [3.8, 4) is 0 Å². The lowest BCUT2D eigenvalue weighted by atomic mass is 9.62. The van der Waals surface area contributed by atoms with Gasteiger partial charge in [0.15, 0.2) is 0 Å². The fourth-order valence-corrected chi connectivity index (χ4v) is 4.67. The van der Waals surface area contributed by atoms with E-state index < -0.39 is 5.41 Å². The van der Waals surface area contributed by atoms with Crippen molar-refractivity contribution in [3.05, 3.63) is 29.8 Å². The van der Waals surface area contributed by atoms with Crippen LogP contribution in [0.1, 0.15) is 58.9 Å². The van der Waals surface area contributed by atoms with Gasteiger partial charge in [0.05, 0.1) is 5.41 Å². The number of aryl methyl sites for hydroxylation is 1. The van der Waals surface area contributed by atoms with Crippen LogP contribution in [-0.4, -0.2) is 29.2 Å². The van der Waals surface area contributed by atoms with Crippen LogP contribution in [0.5, 0.6) is 0 Å². The molecular weight excluding hydrogens is 340 g/mol. The van der Waals surface area contributed by atoms with Gasteiger partial charge in [-0.3, -0.25) is 19.3 Å². The summed E-state index contributed by atoms with van der Waals surface area (Å²) in [5.41, 5.74) is 1.16. The summed E-state index contributed by atoms with van der Waals surface area (Å²) in [6.45, 7) is 8.44. The molecule has 2 aliphatic rings. The highest BCUT2D eigenvalue weighted by Crippen LogP contribution is 2.60. The molecule has 1 saturated carbocycles. The Morgan fingerprint density at radius 1 is 1.22 bits per heavy atom. The second kappa shape index (κ2) is 7.10. The summed E-state index contributed by atoms with van der Waals surface area (Å²) >= 11 is 0. The number of rotatable bonds is 6. The summed E-state index contributed by atoms with van der Waals surface area (Å²) in [6, 6.07) is 7.75. The highest BCUT2D eigenvalue weighted by atomic mass is 16.2. The van der Waals surface area contributed by atoms with E-state index >= 15 is 0 Å². The first-order valence-corrected chi connectivity index (χ1v) is 9.96. The average Bonchev–Trinajstić information content (AvgIpc) is 2.82. The molecule has 0 spiro atoms. The van der Waals surface area contributed by atoms with Crippen molar-refractivity contribution < 1.29 is 14.4 Å². The molecule has 146 valence electrons. The molecule has 2 fully saturated rings. The lowest BCUT2D eigenvalue weighted by Crippen LogP contribution is -2.59. The number of nitrogens with one attached hydrogen (secondary N) is 1. The predicted molar refractivity (Wildman–Crippen MR) is 105 cm³/mol. The number of para-hydroxylation sites is 1. The van der Waals surface area contributed by atoms with E-state index in [0.29, 0.717) is 19.4 Å². The molecule has 2 unspecified atom stereocenters. The summed E-state index contributed by atoms with van der Waals surface area (Å²) in [5.74, 6) is -0.299. The zero-order valence-electron chi connectivity index (χ0n) is 16.8. The maximum Gasteiger partial charge on any atom is 0.235 e. The van der Waals surface area contributed by atoms with Crippen molar-refractivity contribution in [2.24, 2.45) is 16.7 Å². The highest BCUT2D eigenvalue weighted by molar-refractivity contribution is 6.03. The van der Waals surface area contributed by atoms with Gasteiger partial charge in [0.25, 0.3) is 0 Å². The number of hydrogen-bond acceptors (Lipinski definition) is 3. The van der Waals surface area contributed by atoms with Crippen LogP contribution in [0.25, 0.3) is 0 Å². The number of anilines is 1. The molecule has 3 amide bonds. The molecule has 1 aromatic carbocycles. The summed E-state index contributed by atoms with van der Waals surface area (Å²) in [4.78, 5) is 39.5. The third-order valence-electron chi connectivity index (χ3n) is 6.97. The molecule has 3 rings (SSSR count). The number of benzene rings is 1. The standard InChI is InChI=1S/C22H30N2O3/c1-5-15-9-6-7-10-17(15)23-18(25)11-8-14-24-19(26)16-12-13-22(4,20(24)27)21(16,2)3/h6-7,9-10,16H,5,8,11-14H2,1-4H3,(H,23,25). The Morgan fingerprint density at radius 2 is 1.93 bits per heavy atom. The summed E-state index contributed by atoms with van der Waals surface area (Å²) in [7, 11) is 0. The van der Waals surface area contributed by atoms with Gasteiger partial charge in [-0.05, 0) is 42.7 Å². The van der Waals surface area contributed by atoms with Crippen LogP contribution >= 0.6 is 0 Å². The minimum Gasteiger partial charge on any atom is -0.326 e. The minimum absolute atomic E-state index is 0.0586. The third-order valence-corrected chi connectivity index (χ3v) is 6.97. The molecule has 1 saturated heterocycles. The van der Waals surface area contributed by atoms with Gasteiger partial charge in [0.1, 0.15) is 0 Å². The molecule has 1 aliphatic carbocycles. The molecule has 1 heterocycles. The van der Waals surface area contributed by atoms with Gasteiger partial charge in [0.2, 0.25) is 17.7 Å². The number of likely N-dealkylation sites (tertiary alicyclic amines) is 1. The van der Waals surface area contributed by atoms with Crippen LogP contribution in [0.3, 0.4) is 0 Å². The van der Waals surface area contributed by atoms with Crippen LogP contribution in [-0.2, 0) is 20.8 Å². The van der Waals surface area contributed by atoms with Gasteiger partial charge in [-0.2, -0.15) is 0 Å². The van der Waals surface area contributed by atoms with E-state index in [4.69, 9.17) is 0 Å². The molecule has 1 N–H and O–H groups in total. The number of nitrogens with zero attached hydrogens (tertiary/aromatic N) is 1. The van der Waals surface area contributed by atoms with Gasteiger partial charge < -0.3 is 5.32 Å². The monoisotopic (exact) mass is 370 g/mol. The average molecular weight is 370 g/mol. The fourth-order valence-electron chi connectivity index (χ4n) is 4.67. The van der Waals surface area contributed by atoms with Crippen LogP contribution < -0.4 is 5.32 Å². The van der Waals surface area contributed by atoms with Crippen LogP contribution in [0.2, 0.25) is 0 Å². The maximum atomic E-state index is 13.0. The molecule has 27 heavy (non-hydrogen) atoms. The molecule has 5 nitrogen and oxygen atoms in total. The Kier molecular flexibility index (Phi) is 5.15. The summed E-state index contributed by atoms with van der Waals surface area (Å²) in [5, 5.41) is 2.94. The number of hydrogen-bond donors (Lipinski definition) is 1. The van der Waals surface area contributed by atoms with Gasteiger partial charge in [-0.15, -0.1) is 0 Å². The fraction of sp³-hybridized carbons (Fsp3) is 0.591. The zero-order valence-corrected chi connectivity index (χ0v) is 16.8. The molecule has 0 radical (unpaired) electrons. The number of carbonyl (C=O) groups excluding carboxylic acids is 3. The summed E-state index contributed by atoms with van der Waals surface area (Å²) < 4.78 is 0. The van der Waals surface area contributed by atoms with E-state index in [0.717, 1.165) is 30.5 Å². The van der Waals surface area contributed by atoms with E-state index in [1.165, 1.54) is 4.90 Å². The zero-order chi connectivity index (χ0) is 19.8. The Balaban J connectivity index is 1.59. The SMILES string of the molecule is CCc1ccccc1NC(=O)CCCN1C(=O)C2CCC(C)(C1=O)C2(C)C. The number of imide groups is 1. The minimum atomic E-state index is -0.478. The van der Waals surface area contributed by atoms with Gasteiger partial charge in [-0.25, -0.2) is 0 Å². The highest BCUT2D eigenvalue weighted by Gasteiger charge is 2.64. The number of carbonyl (C=O) groups is 3. The van der Waals surface area contributed by atoms with Gasteiger partial charge in [0, 0.05) is 24.6 Å². The molecule has 1 aromatic rings. The normalized spacial score (nSPS) is 26.4. The van der Waals surface area contributed by atoms with Crippen molar-refractivity contribution in [1.82, 2.24) is 4.90 Å². The second-order valence-electron chi connectivity index (χ2n) is 8.60. The Hall–Kier alpha value is -2.17. The van der Waals surface area contributed by atoms with Crippen molar-refractivity contribution in [1.29, 1.82) is 0 Å². The quantitative estimate of drug-likeness (QED) is 0.775. The summed E-state index contributed by atoms with van der Waals surface area (Å²) in [6.07, 6.45) is 3.17. The first-order chi connectivity index (χ1) is 12.7. The smallest absolute Gasteiger partial charge is 0.235 e. The van der Waals surface area contributed by atoms with E-state index in [1.54, 1.807) is 0 Å². The Labute approximate surface area is 161 Å². The third kappa shape index (κ3) is 3.17. The van der Waals surface area contributed by atoms with Crippen molar-refractivity contribution in [2.45, 2.75) is 59.8 Å². The number of piperidine rings is 1. The van der Waals surface area contributed by atoms with Crippen molar-refractivity contribution >= 4 is 23.4 Å².